The second-order valence-corrected chi connectivity index (χ2v) is 5.37. The van der Waals surface area contributed by atoms with E-state index in [-0.39, 0.29) is 0 Å². The number of thiocarbonyl (C=S) groups is 1. The van der Waals surface area contributed by atoms with Gasteiger partial charge in [0.05, 0.1) is 0 Å². The molecule has 0 aliphatic carbocycles. The van der Waals surface area contributed by atoms with E-state index in [0.29, 0.717) is 10.0 Å². The van der Waals surface area contributed by atoms with E-state index >= 15 is 0 Å². The van der Waals surface area contributed by atoms with Crippen LogP contribution in [-0.4, -0.2) is 11.5 Å². The standard InChI is InChI=1S/C16H17ClN2S/c1-2-19(14-6-4-3-5-7-14)11-13-9-8-12(16(18)20)10-15(13)17/h3-10H,2,11H2,1H3,(H2,18,20). The minimum absolute atomic E-state index is 0.369. The predicted molar refractivity (Wildman–Crippen MR) is 90.5 cm³/mol. The Morgan fingerprint density at radius 3 is 2.45 bits per heavy atom. The van der Waals surface area contributed by atoms with Crippen LogP contribution in [0, 0.1) is 0 Å². The molecule has 0 aliphatic rings. The van der Waals surface area contributed by atoms with Crippen LogP contribution < -0.4 is 10.6 Å². The molecule has 2 nitrogen and oxygen atoms in total. The summed E-state index contributed by atoms with van der Waals surface area (Å²) in [4.78, 5) is 2.63. The summed E-state index contributed by atoms with van der Waals surface area (Å²) in [7, 11) is 0. The van der Waals surface area contributed by atoms with E-state index in [2.05, 4.69) is 24.0 Å². The van der Waals surface area contributed by atoms with E-state index in [1.54, 1.807) is 0 Å². The first-order chi connectivity index (χ1) is 9.61. The third-order valence-electron chi connectivity index (χ3n) is 3.20. The summed E-state index contributed by atoms with van der Waals surface area (Å²) in [5.74, 6) is 0. The van der Waals surface area contributed by atoms with Crippen molar-refractivity contribution in [1.82, 2.24) is 0 Å². The molecular weight excluding hydrogens is 288 g/mol. The number of hydrogen-bond donors (Lipinski definition) is 1. The molecule has 0 heterocycles. The van der Waals surface area contributed by atoms with Gasteiger partial charge in [-0.15, -0.1) is 0 Å². The van der Waals surface area contributed by atoms with Crippen LogP contribution in [0.25, 0.3) is 0 Å². The lowest BCUT2D eigenvalue weighted by atomic mass is 10.1. The number of nitrogens with two attached hydrogens (primary N) is 1. The summed E-state index contributed by atoms with van der Waals surface area (Å²) in [5, 5.41) is 0.699. The fourth-order valence-corrected chi connectivity index (χ4v) is 2.43. The zero-order valence-corrected chi connectivity index (χ0v) is 12.9. The van der Waals surface area contributed by atoms with E-state index in [1.807, 2.05) is 36.4 Å². The Bertz CT molecular complexity index is 599. The number of nitrogens with zero attached hydrogens (tertiary/aromatic N) is 1. The molecular formula is C16H17ClN2S. The molecule has 2 aromatic rings. The molecule has 2 N–H and O–H groups in total. The van der Waals surface area contributed by atoms with Crippen molar-refractivity contribution in [3.8, 4) is 0 Å². The van der Waals surface area contributed by atoms with Crippen LogP contribution in [0.2, 0.25) is 5.02 Å². The van der Waals surface area contributed by atoms with Gasteiger partial charge >= 0.3 is 0 Å². The van der Waals surface area contributed by atoms with Gasteiger partial charge in [0.25, 0.3) is 0 Å². The van der Waals surface area contributed by atoms with Gasteiger partial charge in [0.2, 0.25) is 0 Å². The number of para-hydroxylation sites is 1. The Balaban J connectivity index is 2.22. The Kier molecular flexibility index (Phi) is 4.99. The molecule has 2 aromatic carbocycles. The van der Waals surface area contributed by atoms with Crippen LogP contribution in [-0.2, 0) is 6.54 Å². The van der Waals surface area contributed by atoms with Gasteiger partial charge in [0.1, 0.15) is 4.99 Å². The maximum Gasteiger partial charge on any atom is 0.104 e. The maximum atomic E-state index is 6.32. The van der Waals surface area contributed by atoms with Crippen molar-refractivity contribution in [1.29, 1.82) is 0 Å². The first kappa shape index (κ1) is 14.8. The summed E-state index contributed by atoms with van der Waals surface area (Å²) in [6.07, 6.45) is 0. The van der Waals surface area contributed by atoms with Crippen molar-refractivity contribution in [3.05, 3.63) is 64.7 Å². The van der Waals surface area contributed by atoms with E-state index in [0.717, 1.165) is 24.2 Å². The third-order valence-corrected chi connectivity index (χ3v) is 3.79. The number of hydrogen-bond acceptors (Lipinski definition) is 2. The number of rotatable bonds is 5. The van der Waals surface area contributed by atoms with Crippen LogP contribution in [0.1, 0.15) is 18.1 Å². The quantitative estimate of drug-likeness (QED) is 0.847. The molecule has 0 aliphatic heterocycles. The van der Waals surface area contributed by atoms with Gasteiger partial charge in [-0.1, -0.05) is 54.2 Å². The zero-order valence-electron chi connectivity index (χ0n) is 11.3. The van der Waals surface area contributed by atoms with Gasteiger partial charge in [0.15, 0.2) is 0 Å². The lowest BCUT2D eigenvalue weighted by Crippen LogP contribution is -2.22. The fourth-order valence-electron chi connectivity index (χ4n) is 2.06. The lowest BCUT2D eigenvalue weighted by Gasteiger charge is -2.23. The Hall–Kier alpha value is -1.58. The van der Waals surface area contributed by atoms with Crippen molar-refractivity contribution in [2.45, 2.75) is 13.5 Å². The van der Waals surface area contributed by atoms with Gasteiger partial charge < -0.3 is 10.6 Å². The van der Waals surface area contributed by atoms with Crippen LogP contribution in [0.15, 0.2) is 48.5 Å². The van der Waals surface area contributed by atoms with Crippen LogP contribution >= 0.6 is 23.8 Å². The molecule has 0 saturated heterocycles. The highest BCUT2D eigenvalue weighted by Crippen LogP contribution is 2.22. The molecule has 4 heteroatoms. The van der Waals surface area contributed by atoms with Crippen molar-refractivity contribution >= 4 is 34.5 Å². The number of halogens is 1. The second-order valence-electron chi connectivity index (χ2n) is 4.52. The molecule has 0 radical (unpaired) electrons. The van der Waals surface area contributed by atoms with E-state index < -0.39 is 0 Å². The molecule has 0 aromatic heterocycles. The van der Waals surface area contributed by atoms with Crippen LogP contribution in [0.3, 0.4) is 0 Å². The Morgan fingerprint density at radius 1 is 1.20 bits per heavy atom. The second kappa shape index (κ2) is 6.73. The zero-order chi connectivity index (χ0) is 14.5. The molecule has 0 fully saturated rings. The fraction of sp³-hybridized carbons (Fsp3) is 0.188. The van der Waals surface area contributed by atoms with Crippen molar-refractivity contribution in [2.75, 3.05) is 11.4 Å². The van der Waals surface area contributed by atoms with E-state index in [4.69, 9.17) is 29.6 Å². The van der Waals surface area contributed by atoms with Gasteiger partial charge in [-0.2, -0.15) is 0 Å². The highest BCUT2D eigenvalue weighted by atomic mass is 35.5. The summed E-state index contributed by atoms with van der Waals surface area (Å²) < 4.78 is 0. The number of anilines is 1. The largest absolute Gasteiger partial charge is 0.389 e. The topological polar surface area (TPSA) is 29.3 Å². The molecule has 0 amide bonds. The monoisotopic (exact) mass is 304 g/mol. The Labute approximate surface area is 130 Å². The van der Waals surface area contributed by atoms with E-state index in [1.165, 1.54) is 5.69 Å². The normalized spacial score (nSPS) is 10.3. The summed E-state index contributed by atoms with van der Waals surface area (Å²) >= 11 is 11.3. The average molecular weight is 305 g/mol. The van der Waals surface area contributed by atoms with Gasteiger partial charge in [-0.05, 0) is 30.7 Å². The van der Waals surface area contributed by atoms with E-state index in [9.17, 15) is 0 Å². The minimum Gasteiger partial charge on any atom is -0.389 e. The van der Waals surface area contributed by atoms with Crippen molar-refractivity contribution in [3.63, 3.8) is 0 Å². The molecule has 0 saturated carbocycles. The van der Waals surface area contributed by atoms with Crippen molar-refractivity contribution < 1.29 is 0 Å². The smallest absolute Gasteiger partial charge is 0.104 e. The first-order valence-corrected chi connectivity index (χ1v) is 7.28. The highest BCUT2D eigenvalue weighted by Gasteiger charge is 2.09. The SMILES string of the molecule is CCN(Cc1ccc(C(N)=S)cc1Cl)c1ccccc1. The van der Waals surface area contributed by atoms with Crippen molar-refractivity contribution in [2.24, 2.45) is 5.73 Å². The first-order valence-electron chi connectivity index (χ1n) is 6.50. The van der Waals surface area contributed by atoms with Gasteiger partial charge in [0, 0.05) is 29.4 Å². The van der Waals surface area contributed by atoms with Gasteiger partial charge in [-0.3, -0.25) is 0 Å². The van der Waals surface area contributed by atoms with Gasteiger partial charge in [-0.25, -0.2) is 0 Å². The predicted octanol–water partition coefficient (Wildman–Crippen LogP) is 4.00. The van der Waals surface area contributed by atoms with Crippen LogP contribution in [0.4, 0.5) is 5.69 Å². The summed E-state index contributed by atoms with van der Waals surface area (Å²) in [6.45, 7) is 3.80. The molecule has 0 atom stereocenters. The summed E-state index contributed by atoms with van der Waals surface area (Å²) in [5.41, 5.74) is 8.67. The minimum atomic E-state index is 0.369. The average Bonchev–Trinajstić information content (AvgIpc) is 2.46. The molecule has 2 rings (SSSR count). The number of benzene rings is 2. The maximum absolute atomic E-state index is 6.32. The lowest BCUT2D eigenvalue weighted by molar-refractivity contribution is 0.832. The summed E-state index contributed by atoms with van der Waals surface area (Å²) in [6, 6.07) is 16.0. The molecule has 0 bridgehead atoms. The third kappa shape index (κ3) is 3.50. The molecule has 20 heavy (non-hydrogen) atoms. The molecule has 0 unspecified atom stereocenters. The Morgan fingerprint density at radius 2 is 1.90 bits per heavy atom. The molecule has 0 spiro atoms. The molecule has 104 valence electrons. The van der Waals surface area contributed by atoms with Crippen LogP contribution in [0.5, 0.6) is 0 Å². The highest BCUT2D eigenvalue weighted by molar-refractivity contribution is 7.80.